The number of carbonyl (C=O) groups excluding carboxylic acids is 11. The molecule has 7 rings (SSSR count). The fraction of sp³-hybridized carbons (Fsp3) is 0.450. The minimum atomic E-state index is -2.91. The van der Waals surface area contributed by atoms with E-state index in [0.29, 0.717) is 11.3 Å². The number of aromatic hydroxyl groups is 2. The summed E-state index contributed by atoms with van der Waals surface area (Å²) in [7, 11) is 0. The molecule has 8 amide bonds. The molecular weight excluding hydrogens is 1170 g/mol. The van der Waals surface area contributed by atoms with Gasteiger partial charge in [-0.25, -0.2) is 9.59 Å². The summed E-state index contributed by atoms with van der Waals surface area (Å²) in [6.07, 6.45) is -5.00. The maximum Gasteiger partial charge on any atom is 0.407 e. The Morgan fingerprint density at radius 3 is 2.07 bits per heavy atom. The molecular formula is C60H72N8O19S. The normalized spacial score (nSPS) is 22.0. The monoisotopic (exact) mass is 1240 g/mol. The number of ether oxygens (including phenoxy) is 3. The number of anilines is 1. The summed E-state index contributed by atoms with van der Waals surface area (Å²) in [5.41, 5.74) is 1.04. The van der Waals surface area contributed by atoms with Gasteiger partial charge in [0.2, 0.25) is 35.3 Å². The van der Waals surface area contributed by atoms with Crippen LogP contribution >= 0.6 is 11.8 Å². The van der Waals surface area contributed by atoms with Gasteiger partial charge in [-0.2, -0.15) is 11.8 Å². The summed E-state index contributed by atoms with van der Waals surface area (Å²) in [6.45, 7) is 12.4. The van der Waals surface area contributed by atoms with Crippen LogP contribution in [-0.2, 0) is 66.6 Å². The number of carbonyl (C=O) groups is 11. The Hall–Kier alpha value is -8.54. The van der Waals surface area contributed by atoms with Crippen LogP contribution in [0.25, 0.3) is 0 Å². The predicted molar refractivity (Wildman–Crippen MR) is 313 cm³/mol. The molecule has 2 aliphatic carbocycles. The smallest absolute Gasteiger partial charge is 0.407 e. The molecule has 2 fully saturated rings. The van der Waals surface area contributed by atoms with Crippen LogP contribution in [0.3, 0.4) is 0 Å². The fourth-order valence-electron chi connectivity index (χ4n) is 10.9. The number of thioether (sulfide) groups is 1. The summed E-state index contributed by atoms with van der Waals surface area (Å²) in [5, 5.41) is 69.0. The lowest BCUT2D eigenvalue weighted by atomic mass is 9.70. The van der Waals surface area contributed by atoms with E-state index >= 15 is 0 Å². The van der Waals surface area contributed by atoms with Gasteiger partial charge in [-0.3, -0.25) is 43.2 Å². The summed E-state index contributed by atoms with van der Waals surface area (Å²) < 4.78 is 17.3. The van der Waals surface area contributed by atoms with Crippen molar-refractivity contribution in [2.24, 2.45) is 17.6 Å². The minimum Gasteiger partial charge on any atom is -0.507 e. The molecule has 0 radical (unpaired) electrons. The number of fused-ring (bicyclic) bond motifs is 3. The summed E-state index contributed by atoms with van der Waals surface area (Å²) in [6, 6.07) is 8.81. The molecule has 11 N–H and O–H groups in total. The van der Waals surface area contributed by atoms with E-state index in [1.165, 1.54) is 58.0 Å². The molecule has 0 saturated carbocycles. The van der Waals surface area contributed by atoms with Crippen molar-refractivity contribution >= 4 is 82.2 Å². The molecule has 0 unspecified atom stereocenters. The number of hydrogen-bond donors (Lipinski definition) is 10. The molecule has 2 heterocycles. The number of rotatable bonds is 24. The number of nitrogens with one attached hydrogen (secondary N) is 4. The standard InChI is InChI=1S/C60H72N8O19S/c1-7-43(72)66-28-67(44(73)8-2)30-68(29-66)45(74)19-21-88-26-42(71)65-50(31(3)4)41(70)22-35(12-11-20-62-57(61)81)56(80)63-36-17-15-34(16-18-36)25-85-58(82)64-40-23-46(86-32(5)51(40)75)87-60(84)27-59(83,33(6)69)24-39-49(60)55(79)48-47(54(39)78)52(76)37-13-9-10-14-38(37)53(48)77/h7-10,13-18,31-32,35,40,46,50-51,75,78-79,83-84H,1-2,11-12,19-30H2,3-6H3,(H,63,80)(H,64,82)(H,65,71)(H3,61,62,81)/t32-,35+,40-,46-,50-,51+,59-,60-/m0/s1. The fourth-order valence-corrected chi connectivity index (χ4v) is 11.7. The van der Waals surface area contributed by atoms with Gasteiger partial charge < -0.3 is 81.4 Å². The van der Waals surface area contributed by atoms with Crippen LogP contribution in [0, 0.1) is 11.8 Å². The third kappa shape index (κ3) is 15.4. The van der Waals surface area contributed by atoms with Crippen molar-refractivity contribution in [3.8, 4) is 11.5 Å². The van der Waals surface area contributed by atoms with E-state index < -0.39 is 166 Å². The van der Waals surface area contributed by atoms with Gasteiger partial charge in [0.1, 0.15) is 29.8 Å². The number of aliphatic hydroxyl groups is 3. The Morgan fingerprint density at radius 2 is 1.49 bits per heavy atom. The average Bonchev–Trinajstić information content (AvgIpc) is 0.748. The van der Waals surface area contributed by atoms with Crippen LogP contribution in [0.5, 0.6) is 11.5 Å². The number of phenolic OH excluding ortho intramolecular Hbond substituents is 2. The van der Waals surface area contributed by atoms with Crippen molar-refractivity contribution in [1.29, 1.82) is 0 Å². The maximum absolute atomic E-state index is 13.9. The van der Waals surface area contributed by atoms with E-state index in [2.05, 4.69) is 34.4 Å². The predicted octanol–water partition coefficient (Wildman–Crippen LogP) is 2.06. The van der Waals surface area contributed by atoms with Crippen LogP contribution in [0.15, 0.2) is 73.8 Å². The number of aliphatic hydroxyl groups excluding tert-OH is 1. The zero-order valence-electron chi connectivity index (χ0n) is 48.9. The van der Waals surface area contributed by atoms with Crippen molar-refractivity contribution < 1.29 is 92.5 Å². The van der Waals surface area contributed by atoms with Crippen molar-refractivity contribution in [2.75, 3.05) is 43.4 Å². The molecule has 88 heavy (non-hydrogen) atoms. The number of hydrogen-bond acceptors (Lipinski definition) is 20. The second-order valence-electron chi connectivity index (χ2n) is 22.3. The van der Waals surface area contributed by atoms with Crippen molar-refractivity contribution in [3.63, 3.8) is 0 Å². The average molecular weight is 1240 g/mol. The first-order valence-electron chi connectivity index (χ1n) is 28.2. The van der Waals surface area contributed by atoms with Gasteiger partial charge >= 0.3 is 12.1 Å². The summed E-state index contributed by atoms with van der Waals surface area (Å²) >= 11 is 1.13. The van der Waals surface area contributed by atoms with Crippen LogP contribution in [0.1, 0.15) is 115 Å². The van der Waals surface area contributed by atoms with Crippen LogP contribution in [-0.4, -0.2) is 179 Å². The third-order valence-electron chi connectivity index (χ3n) is 15.6. The first kappa shape index (κ1) is 67.0. The molecule has 472 valence electrons. The molecule has 2 aliphatic heterocycles. The van der Waals surface area contributed by atoms with Gasteiger partial charge in [-0.1, -0.05) is 63.4 Å². The van der Waals surface area contributed by atoms with Crippen molar-refractivity contribution in [2.45, 2.75) is 121 Å². The second-order valence-corrected chi connectivity index (χ2v) is 23.4. The Morgan fingerprint density at radius 1 is 0.886 bits per heavy atom. The zero-order chi connectivity index (χ0) is 64.5. The number of Topliss-reactive ketones (excluding diaryl/α,β-unsaturated/α-hetero) is 2. The Balaban J connectivity index is 0.935. The van der Waals surface area contributed by atoms with Crippen LogP contribution in [0.2, 0.25) is 0 Å². The van der Waals surface area contributed by atoms with E-state index in [9.17, 15) is 78.3 Å². The number of amides is 8. The van der Waals surface area contributed by atoms with Gasteiger partial charge in [0.05, 0.1) is 60.6 Å². The lowest BCUT2D eigenvalue weighted by Gasteiger charge is -2.46. The van der Waals surface area contributed by atoms with E-state index in [1.54, 1.807) is 26.0 Å². The molecule has 3 aromatic rings. The molecule has 4 aliphatic rings. The number of primary amides is 1. The number of ketones is 4. The highest BCUT2D eigenvalue weighted by molar-refractivity contribution is 7.99. The lowest BCUT2D eigenvalue weighted by molar-refractivity contribution is -0.340. The number of urea groups is 1. The molecule has 28 heteroatoms. The van der Waals surface area contributed by atoms with E-state index in [0.717, 1.165) is 30.8 Å². The van der Waals surface area contributed by atoms with Crippen molar-refractivity contribution in [1.82, 2.24) is 30.7 Å². The number of nitrogens with zero attached hydrogens (tertiary/aromatic N) is 3. The Labute approximate surface area is 510 Å². The van der Waals surface area contributed by atoms with Gasteiger partial charge in [0.25, 0.3) is 0 Å². The first-order chi connectivity index (χ1) is 41.6. The lowest BCUT2D eigenvalue weighted by Crippen LogP contribution is -2.59. The minimum absolute atomic E-state index is 0.0274. The molecule has 3 aromatic carbocycles. The molecule has 0 spiro atoms. The third-order valence-corrected chi connectivity index (χ3v) is 16.6. The molecule has 27 nitrogen and oxygen atoms in total. The van der Waals surface area contributed by atoms with E-state index in [1.807, 2.05) is 0 Å². The highest BCUT2D eigenvalue weighted by Crippen LogP contribution is 2.53. The first-order valence-corrected chi connectivity index (χ1v) is 29.4. The van der Waals surface area contributed by atoms with Crippen LogP contribution in [0.4, 0.5) is 15.3 Å². The second kappa shape index (κ2) is 28.5. The van der Waals surface area contributed by atoms with Crippen LogP contribution < -0.4 is 27.0 Å². The van der Waals surface area contributed by atoms with E-state index in [-0.39, 0.29) is 87.4 Å². The summed E-state index contributed by atoms with van der Waals surface area (Å²) in [4.78, 5) is 148. The molecule has 2 saturated heterocycles. The Bertz CT molecular complexity index is 3260. The Kier molecular flexibility index (Phi) is 21.7. The van der Waals surface area contributed by atoms with Gasteiger partial charge in [-0.15, -0.1) is 0 Å². The largest absolute Gasteiger partial charge is 0.507 e. The molecule has 8 atom stereocenters. The zero-order valence-corrected chi connectivity index (χ0v) is 49.7. The number of alkyl carbamates (subject to hydrolysis) is 1. The topological polar surface area (TPSA) is 400 Å². The quantitative estimate of drug-likeness (QED) is 0.0208. The highest BCUT2D eigenvalue weighted by Gasteiger charge is 2.56. The number of nitrogens with two attached hydrogens (primary N) is 1. The number of benzene rings is 3. The highest BCUT2D eigenvalue weighted by atomic mass is 32.2. The van der Waals surface area contributed by atoms with E-state index in [4.69, 9.17) is 19.9 Å². The van der Waals surface area contributed by atoms with Crippen molar-refractivity contribution in [3.05, 3.63) is 113 Å². The number of phenols is 2. The van der Waals surface area contributed by atoms with Gasteiger partial charge in [0, 0.05) is 72.7 Å². The summed E-state index contributed by atoms with van der Waals surface area (Å²) in [5.74, 6) is -11.4. The van der Waals surface area contributed by atoms with Gasteiger partial charge in [0.15, 0.2) is 29.4 Å². The molecule has 0 aromatic heterocycles. The maximum atomic E-state index is 13.9. The molecule has 0 bridgehead atoms. The van der Waals surface area contributed by atoms with Gasteiger partial charge in [-0.05, 0) is 62.5 Å². The SMILES string of the molecule is C=CC(=O)N1CN(C(=O)C=C)CN(C(=O)CCSCC(=O)N[C@H](C(=O)C[C@@H](CCCNC(N)=O)C(=O)Nc2ccc(COC(=O)N[C@H]3C[C@H](O[C@@]4(O)C[C@](O)(C(C)=O)Cc5c(O)c6c(c(O)c54)C(=O)c4ccccc4C6=O)O[C@@H](C)[C@H]3O)cc2)C(C)C)C1.